The van der Waals surface area contributed by atoms with Gasteiger partial charge in [-0.25, -0.2) is 28.1 Å². The van der Waals surface area contributed by atoms with Crippen molar-refractivity contribution in [1.82, 2.24) is 13.7 Å². The molecule has 16 heteroatoms. The molecule has 1 heterocycles. The third-order valence-electron chi connectivity index (χ3n) is 8.89. The van der Waals surface area contributed by atoms with E-state index in [0.29, 0.717) is 38.4 Å². The van der Waals surface area contributed by atoms with Gasteiger partial charge in [-0.2, -0.15) is 0 Å². The van der Waals surface area contributed by atoms with Gasteiger partial charge < -0.3 is 24.4 Å². The minimum absolute atomic E-state index is 0.0326. The molecule has 4 aliphatic carbocycles. The van der Waals surface area contributed by atoms with E-state index in [9.17, 15) is 39.0 Å². The van der Waals surface area contributed by atoms with Gasteiger partial charge in [-0.05, 0) is 56.3 Å². The van der Waals surface area contributed by atoms with E-state index in [1.54, 1.807) is 0 Å². The molecule has 4 bridgehead atoms. The minimum atomic E-state index is -1.45. The summed E-state index contributed by atoms with van der Waals surface area (Å²) >= 11 is 0. The van der Waals surface area contributed by atoms with Crippen molar-refractivity contribution in [2.24, 2.45) is 23.2 Å². The third-order valence-corrected chi connectivity index (χ3v) is 11.3. The Hall–Kier alpha value is -2.82. The van der Waals surface area contributed by atoms with Crippen LogP contribution in [0, 0.1) is 23.2 Å². The smallest absolute Gasteiger partial charge is 0.336 e. The Morgan fingerprint density at radius 2 is 1.28 bits per heavy atom. The SMILES string of the molecule is C=CCn1c(=O)n(CC(O)COC(=O)CCSSCCC(=O)OC)c(=O)n(CC(O)COC(=O)C23CC4CC(CC(C4)C2)C3)c1=O. The number of hydrogen-bond donors (Lipinski definition) is 2. The molecular weight excluding hydrogens is 642 g/mol. The van der Waals surface area contributed by atoms with Crippen LogP contribution in [0.3, 0.4) is 0 Å². The van der Waals surface area contributed by atoms with Crippen molar-refractivity contribution in [2.45, 2.75) is 83.2 Å². The van der Waals surface area contributed by atoms with Crippen molar-refractivity contribution in [3.63, 3.8) is 0 Å². The summed E-state index contributed by atoms with van der Waals surface area (Å²) < 4.78 is 17.2. The highest BCUT2D eigenvalue weighted by atomic mass is 33.1. The molecule has 5 rings (SSSR count). The maximum atomic E-state index is 13.2. The highest BCUT2D eigenvalue weighted by Gasteiger charge is 2.55. The van der Waals surface area contributed by atoms with Crippen LogP contribution in [0.4, 0.5) is 0 Å². The van der Waals surface area contributed by atoms with Crippen LogP contribution in [-0.2, 0) is 48.2 Å². The van der Waals surface area contributed by atoms with E-state index in [2.05, 4.69) is 11.3 Å². The topological polar surface area (TPSA) is 185 Å². The van der Waals surface area contributed by atoms with Crippen molar-refractivity contribution in [1.29, 1.82) is 0 Å². The summed E-state index contributed by atoms with van der Waals surface area (Å²) in [5, 5.41) is 21.2. The monoisotopic (exact) mass is 685 g/mol. The number of esters is 3. The molecule has 0 saturated heterocycles. The largest absolute Gasteiger partial charge is 0.469 e. The fourth-order valence-corrected chi connectivity index (χ4v) is 9.17. The fraction of sp³-hybridized carbons (Fsp3) is 0.733. The normalized spacial score (nSPS) is 24.3. The van der Waals surface area contributed by atoms with Gasteiger partial charge in [0.2, 0.25) is 0 Å². The predicted octanol–water partition coefficient (Wildman–Crippen LogP) is 0.717. The number of hydrogen-bond acceptors (Lipinski definition) is 13. The highest BCUT2D eigenvalue weighted by molar-refractivity contribution is 8.76. The average molecular weight is 686 g/mol. The van der Waals surface area contributed by atoms with Gasteiger partial charge in [-0.1, -0.05) is 27.7 Å². The minimum Gasteiger partial charge on any atom is -0.469 e. The van der Waals surface area contributed by atoms with Gasteiger partial charge in [0.1, 0.15) is 25.4 Å². The zero-order chi connectivity index (χ0) is 33.4. The van der Waals surface area contributed by atoms with Crippen molar-refractivity contribution in [3.05, 3.63) is 44.1 Å². The van der Waals surface area contributed by atoms with E-state index in [1.807, 2.05) is 0 Å². The number of aliphatic hydroxyl groups is 2. The van der Waals surface area contributed by atoms with Crippen molar-refractivity contribution >= 4 is 39.5 Å². The fourth-order valence-electron chi connectivity index (χ4n) is 7.22. The summed E-state index contributed by atoms with van der Waals surface area (Å²) in [6.45, 7) is 1.23. The van der Waals surface area contributed by atoms with Crippen LogP contribution in [0.2, 0.25) is 0 Å². The number of ether oxygens (including phenoxy) is 3. The molecule has 0 spiro atoms. The Bertz CT molecular complexity index is 1420. The number of aromatic nitrogens is 3. The Kier molecular flexibility index (Phi) is 12.8. The summed E-state index contributed by atoms with van der Waals surface area (Å²) in [6.07, 6.45) is 4.54. The zero-order valence-corrected chi connectivity index (χ0v) is 27.6. The lowest BCUT2D eigenvalue weighted by atomic mass is 9.49. The molecule has 1 aromatic rings. The molecule has 0 amide bonds. The molecule has 2 unspecified atom stereocenters. The van der Waals surface area contributed by atoms with E-state index in [-0.39, 0.29) is 31.3 Å². The lowest BCUT2D eigenvalue weighted by molar-refractivity contribution is -0.174. The van der Waals surface area contributed by atoms with E-state index in [0.717, 1.165) is 43.1 Å². The standard InChI is InChI=1S/C30H43N3O11S2/c1-3-6-31-27(39)32(15-22(34)17-43-25(37)5-8-46-45-7-4-24(36)42-2)29(41)33(28(31)40)16-23(35)18-44-26(38)30-12-19-9-20(13-30)11-21(10-19)14-30/h3,19-23,34-35H,1,4-18H2,2H3. The van der Waals surface area contributed by atoms with Crippen LogP contribution in [-0.4, -0.2) is 85.9 Å². The number of carbonyl (C=O) groups excluding carboxylic acids is 3. The lowest BCUT2D eigenvalue weighted by Crippen LogP contribution is -2.56. The molecule has 2 atom stereocenters. The van der Waals surface area contributed by atoms with E-state index >= 15 is 0 Å². The molecule has 0 aliphatic heterocycles. The first-order valence-corrected chi connectivity index (χ1v) is 18.0. The first kappa shape index (κ1) is 36.0. The molecule has 4 saturated carbocycles. The van der Waals surface area contributed by atoms with Crippen LogP contribution in [0.15, 0.2) is 27.0 Å². The second kappa shape index (κ2) is 16.3. The Morgan fingerprint density at radius 3 is 1.76 bits per heavy atom. The Labute approximate surface area is 273 Å². The van der Waals surface area contributed by atoms with E-state index < -0.39 is 67.0 Å². The molecule has 46 heavy (non-hydrogen) atoms. The summed E-state index contributed by atoms with van der Waals surface area (Å²) in [6, 6.07) is 0. The molecule has 2 N–H and O–H groups in total. The van der Waals surface area contributed by atoms with E-state index in [1.165, 1.54) is 34.8 Å². The summed E-state index contributed by atoms with van der Waals surface area (Å²) in [7, 11) is 4.08. The number of carbonyl (C=O) groups is 3. The molecule has 0 aromatic carbocycles. The number of aliphatic hydroxyl groups excluding tert-OH is 2. The maximum absolute atomic E-state index is 13.2. The molecule has 0 radical (unpaired) electrons. The lowest BCUT2D eigenvalue weighted by Gasteiger charge is -2.55. The van der Waals surface area contributed by atoms with Crippen molar-refractivity contribution < 1.29 is 38.8 Å². The second-order valence-electron chi connectivity index (χ2n) is 12.5. The number of nitrogens with zero attached hydrogens (tertiary/aromatic N) is 3. The summed E-state index contributed by atoms with van der Waals surface area (Å²) in [5.74, 6) is 1.23. The molecule has 4 fully saturated rings. The summed E-state index contributed by atoms with van der Waals surface area (Å²) in [5.41, 5.74) is -3.59. The number of methoxy groups -OCH3 is 1. The molecule has 14 nitrogen and oxygen atoms in total. The number of rotatable bonds is 18. The van der Waals surface area contributed by atoms with Crippen LogP contribution >= 0.6 is 21.6 Å². The van der Waals surface area contributed by atoms with Crippen LogP contribution in [0.25, 0.3) is 0 Å². The predicted molar refractivity (Wildman–Crippen MR) is 170 cm³/mol. The maximum Gasteiger partial charge on any atom is 0.336 e. The number of allylic oxidation sites excluding steroid dienone is 1. The quantitative estimate of drug-likeness (QED) is 0.0725. The second-order valence-corrected chi connectivity index (χ2v) is 15.2. The van der Waals surface area contributed by atoms with Gasteiger partial charge in [0.25, 0.3) is 0 Å². The Morgan fingerprint density at radius 1 is 0.826 bits per heavy atom. The first-order chi connectivity index (χ1) is 22.0. The molecule has 256 valence electrons. The molecule has 1 aromatic heterocycles. The summed E-state index contributed by atoms with van der Waals surface area (Å²) in [4.78, 5) is 75.7. The van der Waals surface area contributed by atoms with Gasteiger partial charge in [-0.3, -0.25) is 14.4 Å². The van der Waals surface area contributed by atoms with Crippen molar-refractivity contribution in [2.75, 3.05) is 31.8 Å². The van der Waals surface area contributed by atoms with Crippen LogP contribution in [0.5, 0.6) is 0 Å². The van der Waals surface area contributed by atoms with E-state index in [4.69, 9.17) is 9.47 Å². The van der Waals surface area contributed by atoms with Crippen molar-refractivity contribution in [3.8, 4) is 0 Å². The first-order valence-electron chi connectivity index (χ1n) is 15.5. The average Bonchev–Trinajstić information content (AvgIpc) is 3.02. The Balaban J connectivity index is 1.32. The molecular formula is C30H43N3O11S2. The molecule has 4 aliphatic rings. The van der Waals surface area contributed by atoms with Gasteiger partial charge in [0.05, 0.1) is 45.0 Å². The van der Waals surface area contributed by atoms with Crippen LogP contribution < -0.4 is 17.1 Å². The highest BCUT2D eigenvalue weighted by Crippen LogP contribution is 2.60. The third kappa shape index (κ3) is 8.95. The van der Waals surface area contributed by atoms with Gasteiger partial charge in [-0.15, -0.1) is 6.58 Å². The van der Waals surface area contributed by atoms with Crippen LogP contribution in [0.1, 0.15) is 51.4 Å². The van der Waals surface area contributed by atoms with Gasteiger partial charge in [0, 0.05) is 11.5 Å². The zero-order valence-electron chi connectivity index (χ0n) is 26.0. The van der Waals surface area contributed by atoms with Gasteiger partial charge >= 0.3 is 35.0 Å². The van der Waals surface area contributed by atoms with Gasteiger partial charge in [0.15, 0.2) is 0 Å².